The van der Waals surface area contributed by atoms with Crippen LogP contribution in [0.3, 0.4) is 0 Å². The second kappa shape index (κ2) is 8.51. The number of nitrogens with zero attached hydrogens (tertiary/aromatic N) is 5. The van der Waals surface area contributed by atoms with Gasteiger partial charge in [-0.1, -0.05) is 36.4 Å². The molecular formula is C23H23N5O3. The first-order chi connectivity index (χ1) is 15.0. The van der Waals surface area contributed by atoms with Crippen molar-refractivity contribution in [2.75, 3.05) is 7.05 Å². The predicted molar refractivity (Wildman–Crippen MR) is 116 cm³/mol. The zero-order valence-corrected chi connectivity index (χ0v) is 17.6. The summed E-state index contributed by atoms with van der Waals surface area (Å²) in [5, 5.41) is 13.9. The molecule has 31 heavy (non-hydrogen) atoms. The van der Waals surface area contributed by atoms with Crippen molar-refractivity contribution in [3.8, 4) is 11.5 Å². The number of carbonyl (C=O) groups excluding carboxylic acids is 1. The van der Waals surface area contributed by atoms with E-state index >= 15 is 0 Å². The molecule has 8 heteroatoms. The third kappa shape index (κ3) is 3.96. The van der Waals surface area contributed by atoms with Crippen molar-refractivity contribution in [2.45, 2.75) is 32.9 Å². The maximum atomic E-state index is 13.2. The zero-order valence-electron chi connectivity index (χ0n) is 17.6. The van der Waals surface area contributed by atoms with E-state index in [0.29, 0.717) is 34.8 Å². The number of amides is 1. The van der Waals surface area contributed by atoms with Crippen LogP contribution in [0.15, 0.2) is 63.8 Å². The molecule has 1 amide bonds. The van der Waals surface area contributed by atoms with Gasteiger partial charge >= 0.3 is 0 Å². The van der Waals surface area contributed by atoms with E-state index in [-0.39, 0.29) is 18.0 Å². The van der Waals surface area contributed by atoms with Crippen molar-refractivity contribution < 1.29 is 9.21 Å². The molecular weight excluding hydrogens is 394 g/mol. The quantitative estimate of drug-likeness (QED) is 0.478. The largest absolute Gasteiger partial charge is 0.419 e. The number of carbonyl (C=O) groups is 1. The average Bonchev–Trinajstić information content (AvgIpc) is 3.27. The summed E-state index contributed by atoms with van der Waals surface area (Å²) in [5.74, 6) is 0.0497. The first-order valence-corrected chi connectivity index (χ1v) is 10.1. The Bertz CT molecular complexity index is 1280. The van der Waals surface area contributed by atoms with Crippen molar-refractivity contribution in [1.82, 2.24) is 24.9 Å². The summed E-state index contributed by atoms with van der Waals surface area (Å²) in [4.78, 5) is 27.3. The van der Waals surface area contributed by atoms with Gasteiger partial charge in [-0.05, 0) is 32.0 Å². The summed E-state index contributed by atoms with van der Waals surface area (Å²) >= 11 is 0. The number of hydrogen-bond donors (Lipinski definition) is 0. The molecule has 0 spiro atoms. The van der Waals surface area contributed by atoms with Gasteiger partial charge in [0.05, 0.1) is 23.5 Å². The molecule has 0 fully saturated rings. The summed E-state index contributed by atoms with van der Waals surface area (Å²) in [6.45, 7) is 4.25. The van der Waals surface area contributed by atoms with Crippen LogP contribution >= 0.6 is 0 Å². The van der Waals surface area contributed by atoms with Gasteiger partial charge in [0, 0.05) is 24.5 Å². The molecule has 4 aromatic rings. The lowest BCUT2D eigenvalue weighted by Gasteiger charge is -2.21. The van der Waals surface area contributed by atoms with Crippen molar-refractivity contribution in [3.05, 3.63) is 76.5 Å². The van der Waals surface area contributed by atoms with E-state index in [4.69, 9.17) is 4.42 Å². The van der Waals surface area contributed by atoms with E-state index in [0.717, 1.165) is 5.56 Å². The third-order valence-corrected chi connectivity index (χ3v) is 5.21. The number of likely N-dealkylation sites (N-methyl/N-ethyl adjacent to an activating group) is 1. The van der Waals surface area contributed by atoms with Crippen molar-refractivity contribution >= 4 is 16.7 Å². The Morgan fingerprint density at radius 1 is 1.06 bits per heavy atom. The standard InChI is InChI=1S/C23H23N5O3/c1-4-28-23(30)18-13-9-8-12-17(18)20(26-28)15(2)22(29)27(3)14-19-24-25-21(31-19)16-10-6-5-7-11-16/h5-13,15H,4,14H2,1-3H3/t15-/m1/s1. The highest BCUT2D eigenvalue weighted by Gasteiger charge is 2.25. The summed E-state index contributed by atoms with van der Waals surface area (Å²) < 4.78 is 7.12. The molecule has 0 unspecified atom stereocenters. The lowest BCUT2D eigenvalue weighted by Crippen LogP contribution is -2.32. The van der Waals surface area contributed by atoms with Gasteiger partial charge in [-0.3, -0.25) is 9.59 Å². The van der Waals surface area contributed by atoms with Gasteiger partial charge < -0.3 is 9.32 Å². The highest BCUT2D eigenvalue weighted by Crippen LogP contribution is 2.24. The minimum Gasteiger partial charge on any atom is -0.419 e. The summed E-state index contributed by atoms with van der Waals surface area (Å²) in [7, 11) is 1.68. The minimum atomic E-state index is -0.551. The predicted octanol–water partition coefficient (Wildman–Crippen LogP) is 3.23. The molecule has 0 aliphatic rings. The van der Waals surface area contributed by atoms with E-state index in [1.165, 1.54) is 9.58 Å². The van der Waals surface area contributed by atoms with E-state index < -0.39 is 5.92 Å². The number of fused-ring (bicyclic) bond motifs is 1. The molecule has 0 N–H and O–H groups in total. The Kier molecular flexibility index (Phi) is 5.62. The average molecular weight is 417 g/mol. The molecule has 0 radical (unpaired) electrons. The van der Waals surface area contributed by atoms with Crippen molar-refractivity contribution in [2.24, 2.45) is 0 Å². The molecule has 0 aliphatic carbocycles. The van der Waals surface area contributed by atoms with Crippen LogP contribution in [0.4, 0.5) is 0 Å². The van der Waals surface area contributed by atoms with Crippen LogP contribution in [0.5, 0.6) is 0 Å². The lowest BCUT2D eigenvalue weighted by molar-refractivity contribution is -0.132. The zero-order chi connectivity index (χ0) is 22.0. The van der Waals surface area contributed by atoms with Crippen LogP contribution in [-0.2, 0) is 17.9 Å². The molecule has 0 saturated carbocycles. The maximum absolute atomic E-state index is 13.2. The molecule has 2 aromatic carbocycles. The van der Waals surface area contributed by atoms with Crippen LogP contribution < -0.4 is 5.56 Å². The second-order valence-corrected chi connectivity index (χ2v) is 7.33. The van der Waals surface area contributed by atoms with Gasteiger partial charge in [0.25, 0.3) is 5.56 Å². The Labute approximate surface area is 179 Å². The Balaban J connectivity index is 1.58. The fraction of sp³-hybridized carbons (Fsp3) is 0.261. The third-order valence-electron chi connectivity index (χ3n) is 5.21. The molecule has 1 atom stereocenters. The maximum Gasteiger partial charge on any atom is 0.274 e. The molecule has 0 saturated heterocycles. The number of aromatic nitrogens is 4. The van der Waals surface area contributed by atoms with E-state index in [1.54, 1.807) is 20.0 Å². The van der Waals surface area contributed by atoms with E-state index in [1.807, 2.05) is 55.5 Å². The smallest absolute Gasteiger partial charge is 0.274 e. The fourth-order valence-electron chi connectivity index (χ4n) is 3.54. The first-order valence-electron chi connectivity index (χ1n) is 10.1. The van der Waals surface area contributed by atoms with Crippen LogP contribution in [-0.4, -0.2) is 37.8 Å². The van der Waals surface area contributed by atoms with Crippen LogP contribution in [0, 0.1) is 0 Å². The van der Waals surface area contributed by atoms with Crippen LogP contribution in [0.1, 0.15) is 31.4 Å². The van der Waals surface area contributed by atoms with Gasteiger partial charge in [-0.25, -0.2) is 4.68 Å². The molecule has 158 valence electrons. The monoisotopic (exact) mass is 417 g/mol. The van der Waals surface area contributed by atoms with Crippen molar-refractivity contribution in [3.63, 3.8) is 0 Å². The number of benzene rings is 2. The second-order valence-electron chi connectivity index (χ2n) is 7.33. The topological polar surface area (TPSA) is 94.1 Å². The first kappa shape index (κ1) is 20.5. The van der Waals surface area contributed by atoms with Gasteiger partial charge in [-0.2, -0.15) is 5.10 Å². The molecule has 2 heterocycles. The van der Waals surface area contributed by atoms with Gasteiger partial charge in [-0.15, -0.1) is 10.2 Å². The summed E-state index contributed by atoms with van der Waals surface area (Å²) in [6, 6.07) is 16.7. The van der Waals surface area contributed by atoms with Crippen LogP contribution in [0.2, 0.25) is 0 Å². The Morgan fingerprint density at radius 3 is 2.45 bits per heavy atom. The molecule has 2 aromatic heterocycles. The number of aryl methyl sites for hydroxylation is 1. The highest BCUT2D eigenvalue weighted by atomic mass is 16.4. The van der Waals surface area contributed by atoms with Crippen LogP contribution in [0.25, 0.3) is 22.2 Å². The normalized spacial score (nSPS) is 12.1. The number of rotatable bonds is 6. The van der Waals surface area contributed by atoms with Crippen molar-refractivity contribution in [1.29, 1.82) is 0 Å². The Hall–Kier alpha value is -3.81. The van der Waals surface area contributed by atoms with E-state index in [2.05, 4.69) is 15.3 Å². The van der Waals surface area contributed by atoms with E-state index in [9.17, 15) is 9.59 Å². The number of hydrogen-bond acceptors (Lipinski definition) is 6. The van der Waals surface area contributed by atoms with Gasteiger partial charge in [0.1, 0.15) is 0 Å². The fourth-order valence-corrected chi connectivity index (χ4v) is 3.54. The molecule has 0 bridgehead atoms. The molecule has 4 rings (SSSR count). The molecule has 0 aliphatic heterocycles. The SMILES string of the molecule is CCn1nc([C@@H](C)C(=O)N(C)Cc2nnc(-c3ccccc3)o2)c2ccccc2c1=O. The lowest BCUT2D eigenvalue weighted by atomic mass is 10.00. The highest BCUT2D eigenvalue weighted by molar-refractivity contribution is 5.90. The minimum absolute atomic E-state index is 0.154. The van der Waals surface area contributed by atoms with Gasteiger partial charge in [0.2, 0.25) is 17.7 Å². The summed E-state index contributed by atoms with van der Waals surface area (Å²) in [5.41, 5.74) is 1.24. The van der Waals surface area contributed by atoms with Gasteiger partial charge in [0.15, 0.2) is 0 Å². The summed E-state index contributed by atoms with van der Waals surface area (Å²) in [6.07, 6.45) is 0. The molecule has 8 nitrogen and oxygen atoms in total. The Morgan fingerprint density at radius 2 is 1.74 bits per heavy atom.